The Morgan fingerprint density at radius 1 is 1.26 bits per heavy atom. The summed E-state index contributed by atoms with van der Waals surface area (Å²) >= 11 is 0. The lowest BCUT2D eigenvalue weighted by Gasteiger charge is -2.26. The monoisotopic (exact) mass is 310 g/mol. The maximum Gasteiger partial charge on any atom is 0.264 e. The number of rotatable bonds is 3. The standard InChI is InChI=1S/C18H18N2O3/c1-12-5-3-4-6-14(12)18(22)19-10-13-7-8-16-15(9-13)20(2)17(21)11-23-16/h3-9H,10-11H2,1-2H3,(H,19,22). The van der Waals surface area contributed by atoms with Crippen LogP contribution in [-0.4, -0.2) is 25.5 Å². The van der Waals surface area contributed by atoms with Crippen LogP contribution in [0.2, 0.25) is 0 Å². The van der Waals surface area contributed by atoms with Crippen molar-refractivity contribution in [1.29, 1.82) is 0 Å². The summed E-state index contributed by atoms with van der Waals surface area (Å²) in [4.78, 5) is 25.5. The van der Waals surface area contributed by atoms with Crippen molar-refractivity contribution in [2.75, 3.05) is 18.6 Å². The van der Waals surface area contributed by atoms with Crippen LogP contribution in [0.3, 0.4) is 0 Å². The molecule has 0 fully saturated rings. The molecular formula is C18H18N2O3. The number of benzene rings is 2. The van der Waals surface area contributed by atoms with Crippen LogP contribution in [0, 0.1) is 6.92 Å². The average molecular weight is 310 g/mol. The van der Waals surface area contributed by atoms with E-state index in [1.165, 1.54) is 0 Å². The van der Waals surface area contributed by atoms with Gasteiger partial charge in [0.15, 0.2) is 6.61 Å². The zero-order valence-corrected chi connectivity index (χ0v) is 13.1. The number of carbonyl (C=O) groups excluding carboxylic acids is 2. The molecule has 1 N–H and O–H groups in total. The number of likely N-dealkylation sites (N-methyl/N-ethyl adjacent to an activating group) is 1. The van der Waals surface area contributed by atoms with Gasteiger partial charge in [-0.25, -0.2) is 0 Å². The first-order chi connectivity index (χ1) is 11.1. The molecule has 3 rings (SSSR count). The number of carbonyl (C=O) groups is 2. The van der Waals surface area contributed by atoms with E-state index in [1.54, 1.807) is 18.0 Å². The third-order valence-electron chi connectivity index (χ3n) is 3.95. The van der Waals surface area contributed by atoms with Crippen LogP contribution in [0.4, 0.5) is 5.69 Å². The molecule has 0 saturated carbocycles. The van der Waals surface area contributed by atoms with Crippen LogP contribution in [-0.2, 0) is 11.3 Å². The zero-order chi connectivity index (χ0) is 16.4. The lowest BCUT2D eigenvalue weighted by Crippen LogP contribution is -2.35. The van der Waals surface area contributed by atoms with Gasteiger partial charge in [-0.2, -0.15) is 0 Å². The predicted molar refractivity (Wildman–Crippen MR) is 87.7 cm³/mol. The van der Waals surface area contributed by atoms with Gasteiger partial charge in [0.1, 0.15) is 5.75 Å². The fourth-order valence-electron chi connectivity index (χ4n) is 2.53. The van der Waals surface area contributed by atoms with E-state index >= 15 is 0 Å². The minimum absolute atomic E-state index is 0.0624. The predicted octanol–water partition coefficient (Wildman–Crippen LogP) is 2.28. The molecule has 2 aromatic carbocycles. The van der Waals surface area contributed by atoms with Gasteiger partial charge in [-0.3, -0.25) is 9.59 Å². The van der Waals surface area contributed by atoms with Crippen molar-refractivity contribution in [3.05, 3.63) is 59.2 Å². The molecule has 0 atom stereocenters. The highest BCUT2D eigenvalue weighted by Gasteiger charge is 2.22. The van der Waals surface area contributed by atoms with Gasteiger partial charge in [0.25, 0.3) is 11.8 Å². The molecule has 2 amide bonds. The first kappa shape index (κ1) is 15.1. The van der Waals surface area contributed by atoms with E-state index in [0.717, 1.165) is 16.8 Å². The summed E-state index contributed by atoms with van der Waals surface area (Å²) in [5.74, 6) is 0.487. The number of ether oxygens (including phenoxy) is 1. The molecule has 5 nitrogen and oxygen atoms in total. The average Bonchev–Trinajstić information content (AvgIpc) is 2.56. The van der Waals surface area contributed by atoms with Crippen LogP contribution in [0.1, 0.15) is 21.5 Å². The summed E-state index contributed by atoms with van der Waals surface area (Å²) in [5.41, 5.74) is 3.25. The second kappa shape index (κ2) is 6.12. The Hall–Kier alpha value is -2.82. The number of anilines is 1. The first-order valence-electron chi connectivity index (χ1n) is 7.42. The van der Waals surface area contributed by atoms with Crippen molar-refractivity contribution in [2.24, 2.45) is 0 Å². The number of amides is 2. The number of hydrogen-bond donors (Lipinski definition) is 1. The van der Waals surface area contributed by atoms with E-state index in [9.17, 15) is 9.59 Å². The second-order valence-electron chi connectivity index (χ2n) is 5.54. The lowest BCUT2D eigenvalue weighted by molar-refractivity contribution is -0.120. The highest BCUT2D eigenvalue weighted by molar-refractivity contribution is 5.97. The third-order valence-corrected chi connectivity index (χ3v) is 3.95. The maximum absolute atomic E-state index is 12.2. The van der Waals surface area contributed by atoms with Crippen LogP contribution in [0.25, 0.3) is 0 Å². The Bertz CT molecular complexity index is 771. The summed E-state index contributed by atoms with van der Waals surface area (Å²) in [6, 6.07) is 13.0. The number of hydrogen-bond acceptors (Lipinski definition) is 3. The van der Waals surface area contributed by atoms with Gasteiger partial charge >= 0.3 is 0 Å². The van der Waals surface area contributed by atoms with Gasteiger partial charge in [-0.15, -0.1) is 0 Å². The van der Waals surface area contributed by atoms with Gasteiger partial charge in [-0.05, 0) is 36.2 Å². The van der Waals surface area contributed by atoms with Crippen molar-refractivity contribution in [2.45, 2.75) is 13.5 Å². The van der Waals surface area contributed by atoms with Gasteiger partial charge < -0.3 is 15.0 Å². The number of aryl methyl sites for hydroxylation is 1. The van der Waals surface area contributed by atoms with Gasteiger partial charge in [0, 0.05) is 19.2 Å². The normalized spacial score (nSPS) is 13.3. The molecule has 1 heterocycles. The molecule has 0 aliphatic carbocycles. The summed E-state index contributed by atoms with van der Waals surface area (Å²) in [6.07, 6.45) is 0. The minimum atomic E-state index is -0.110. The highest BCUT2D eigenvalue weighted by atomic mass is 16.5. The topological polar surface area (TPSA) is 58.6 Å². The molecule has 118 valence electrons. The Balaban J connectivity index is 1.73. The van der Waals surface area contributed by atoms with Crippen molar-refractivity contribution in [1.82, 2.24) is 5.32 Å². The second-order valence-corrected chi connectivity index (χ2v) is 5.54. The quantitative estimate of drug-likeness (QED) is 0.946. The first-order valence-corrected chi connectivity index (χ1v) is 7.42. The molecule has 1 aliphatic heterocycles. The highest BCUT2D eigenvalue weighted by Crippen LogP contribution is 2.31. The molecule has 0 unspecified atom stereocenters. The lowest BCUT2D eigenvalue weighted by atomic mass is 10.1. The molecule has 0 saturated heterocycles. The fraction of sp³-hybridized carbons (Fsp3) is 0.222. The van der Waals surface area contributed by atoms with Crippen molar-refractivity contribution in [3.8, 4) is 5.75 Å². The van der Waals surface area contributed by atoms with Gasteiger partial charge in [-0.1, -0.05) is 24.3 Å². The molecule has 0 bridgehead atoms. The van der Waals surface area contributed by atoms with E-state index in [-0.39, 0.29) is 18.4 Å². The number of nitrogens with zero attached hydrogens (tertiary/aromatic N) is 1. The van der Waals surface area contributed by atoms with Crippen LogP contribution in [0.5, 0.6) is 5.75 Å². The molecule has 2 aromatic rings. The van der Waals surface area contributed by atoms with E-state index in [1.807, 2.05) is 43.3 Å². The zero-order valence-electron chi connectivity index (χ0n) is 13.1. The van der Waals surface area contributed by atoms with Crippen LogP contribution >= 0.6 is 0 Å². The number of nitrogens with one attached hydrogen (secondary N) is 1. The largest absolute Gasteiger partial charge is 0.482 e. The SMILES string of the molecule is Cc1ccccc1C(=O)NCc1ccc2c(c1)N(C)C(=O)CO2. The van der Waals surface area contributed by atoms with Crippen molar-refractivity contribution < 1.29 is 14.3 Å². The van der Waals surface area contributed by atoms with E-state index in [4.69, 9.17) is 4.74 Å². The molecule has 5 heteroatoms. The molecule has 0 radical (unpaired) electrons. The Morgan fingerprint density at radius 2 is 2.04 bits per heavy atom. The molecule has 1 aliphatic rings. The summed E-state index contributed by atoms with van der Waals surface area (Å²) < 4.78 is 5.39. The van der Waals surface area contributed by atoms with Crippen LogP contribution in [0.15, 0.2) is 42.5 Å². The summed E-state index contributed by atoms with van der Waals surface area (Å²) in [6.45, 7) is 2.36. The molecule has 23 heavy (non-hydrogen) atoms. The molecular weight excluding hydrogens is 292 g/mol. The fourth-order valence-corrected chi connectivity index (χ4v) is 2.53. The van der Waals surface area contributed by atoms with Crippen molar-refractivity contribution in [3.63, 3.8) is 0 Å². The Morgan fingerprint density at radius 3 is 2.83 bits per heavy atom. The van der Waals surface area contributed by atoms with E-state index in [2.05, 4.69) is 5.32 Å². The molecule has 0 aromatic heterocycles. The van der Waals surface area contributed by atoms with E-state index in [0.29, 0.717) is 17.9 Å². The van der Waals surface area contributed by atoms with Gasteiger partial charge in [0.05, 0.1) is 5.69 Å². The summed E-state index contributed by atoms with van der Waals surface area (Å²) in [5, 5.41) is 2.91. The smallest absolute Gasteiger partial charge is 0.264 e. The summed E-state index contributed by atoms with van der Waals surface area (Å²) in [7, 11) is 1.72. The van der Waals surface area contributed by atoms with Crippen molar-refractivity contribution >= 4 is 17.5 Å². The minimum Gasteiger partial charge on any atom is -0.482 e. The maximum atomic E-state index is 12.2. The van der Waals surface area contributed by atoms with Crippen LogP contribution < -0.4 is 15.0 Å². The van der Waals surface area contributed by atoms with Gasteiger partial charge in [0.2, 0.25) is 0 Å². The Labute approximate surface area is 134 Å². The third kappa shape index (κ3) is 3.04. The molecule has 0 spiro atoms. The van der Waals surface area contributed by atoms with E-state index < -0.39 is 0 Å². The number of fused-ring (bicyclic) bond motifs is 1. The Kier molecular flexibility index (Phi) is 4.02.